The maximum absolute atomic E-state index is 6.56. The highest BCUT2D eigenvalue weighted by atomic mass is 14.8. The lowest BCUT2D eigenvalue weighted by Crippen LogP contribution is -2.42. The SMILES string of the molecule is NC1(c2cncnc2)CCCC(C2CC2)C1. The second-order valence-corrected chi connectivity index (χ2v) is 5.48. The van der Waals surface area contributed by atoms with Gasteiger partial charge < -0.3 is 5.73 Å². The van der Waals surface area contributed by atoms with Gasteiger partial charge in [-0.3, -0.25) is 0 Å². The zero-order valence-corrected chi connectivity index (χ0v) is 9.60. The van der Waals surface area contributed by atoms with Gasteiger partial charge in [0.2, 0.25) is 0 Å². The van der Waals surface area contributed by atoms with Crippen molar-refractivity contribution in [2.24, 2.45) is 17.6 Å². The van der Waals surface area contributed by atoms with Crippen LogP contribution in [-0.2, 0) is 5.54 Å². The Bertz CT molecular complexity index is 361. The molecule has 2 aliphatic rings. The Hall–Kier alpha value is -0.960. The second-order valence-electron chi connectivity index (χ2n) is 5.48. The molecule has 2 atom stereocenters. The molecule has 3 rings (SSSR count). The van der Waals surface area contributed by atoms with Crippen LogP contribution in [0.1, 0.15) is 44.1 Å². The topological polar surface area (TPSA) is 51.8 Å². The van der Waals surface area contributed by atoms with Gasteiger partial charge in [-0.25, -0.2) is 9.97 Å². The molecule has 0 aliphatic heterocycles. The van der Waals surface area contributed by atoms with Crippen LogP contribution in [0.25, 0.3) is 0 Å². The maximum Gasteiger partial charge on any atom is 0.115 e. The van der Waals surface area contributed by atoms with Crippen LogP contribution < -0.4 is 5.73 Å². The summed E-state index contributed by atoms with van der Waals surface area (Å²) in [7, 11) is 0. The lowest BCUT2D eigenvalue weighted by atomic mass is 9.72. The Morgan fingerprint density at radius 1 is 1.12 bits per heavy atom. The first-order valence-electron chi connectivity index (χ1n) is 6.32. The van der Waals surface area contributed by atoms with E-state index in [0.29, 0.717) is 0 Å². The van der Waals surface area contributed by atoms with Crippen LogP contribution in [0.4, 0.5) is 0 Å². The summed E-state index contributed by atoms with van der Waals surface area (Å²) in [5, 5.41) is 0. The van der Waals surface area contributed by atoms with Crippen molar-refractivity contribution in [3.05, 3.63) is 24.3 Å². The molecule has 86 valence electrons. The minimum atomic E-state index is -0.160. The van der Waals surface area contributed by atoms with Gasteiger partial charge in [0.25, 0.3) is 0 Å². The predicted octanol–water partition coefficient (Wildman–Crippen LogP) is 2.23. The highest BCUT2D eigenvalue weighted by Crippen LogP contribution is 2.48. The molecule has 2 fully saturated rings. The van der Waals surface area contributed by atoms with Crippen molar-refractivity contribution in [3.63, 3.8) is 0 Å². The molecule has 2 saturated carbocycles. The number of rotatable bonds is 2. The summed E-state index contributed by atoms with van der Waals surface area (Å²) in [4.78, 5) is 8.20. The Labute approximate surface area is 96.5 Å². The van der Waals surface area contributed by atoms with Crippen LogP contribution in [0.5, 0.6) is 0 Å². The molecule has 0 radical (unpaired) electrons. The molecule has 16 heavy (non-hydrogen) atoms. The van der Waals surface area contributed by atoms with Crippen LogP contribution in [0, 0.1) is 11.8 Å². The van der Waals surface area contributed by atoms with Gasteiger partial charge in [0.15, 0.2) is 0 Å². The van der Waals surface area contributed by atoms with Gasteiger partial charge in [0.1, 0.15) is 6.33 Å². The molecule has 2 unspecified atom stereocenters. The Kier molecular flexibility index (Phi) is 2.43. The van der Waals surface area contributed by atoms with E-state index in [2.05, 4.69) is 9.97 Å². The Morgan fingerprint density at radius 3 is 2.56 bits per heavy atom. The molecular formula is C13H19N3. The smallest absolute Gasteiger partial charge is 0.115 e. The van der Waals surface area contributed by atoms with Crippen molar-refractivity contribution in [2.45, 2.75) is 44.1 Å². The van der Waals surface area contributed by atoms with E-state index < -0.39 is 0 Å². The number of hydrogen-bond acceptors (Lipinski definition) is 3. The van der Waals surface area contributed by atoms with Crippen molar-refractivity contribution in [1.29, 1.82) is 0 Å². The Morgan fingerprint density at radius 2 is 1.88 bits per heavy atom. The molecule has 0 spiro atoms. The molecule has 3 heteroatoms. The van der Waals surface area contributed by atoms with Crippen molar-refractivity contribution in [2.75, 3.05) is 0 Å². The number of aromatic nitrogens is 2. The van der Waals surface area contributed by atoms with Gasteiger partial charge in [-0.15, -0.1) is 0 Å². The summed E-state index contributed by atoms with van der Waals surface area (Å²) >= 11 is 0. The van der Waals surface area contributed by atoms with Gasteiger partial charge in [-0.2, -0.15) is 0 Å². The van der Waals surface area contributed by atoms with E-state index in [1.165, 1.54) is 25.7 Å². The van der Waals surface area contributed by atoms with Crippen molar-refractivity contribution in [3.8, 4) is 0 Å². The number of nitrogens with zero attached hydrogens (tertiary/aromatic N) is 2. The van der Waals surface area contributed by atoms with Crippen LogP contribution in [0.3, 0.4) is 0 Å². The van der Waals surface area contributed by atoms with E-state index in [0.717, 1.165) is 30.2 Å². The van der Waals surface area contributed by atoms with Gasteiger partial charge in [-0.1, -0.05) is 12.8 Å². The molecule has 1 aromatic rings. The fourth-order valence-electron chi connectivity index (χ4n) is 3.14. The summed E-state index contributed by atoms with van der Waals surface area (Å²) < 4.78 is 0. The first kappa shape index (κ1) is 10.2. The average Bonchev–Trinajstić information content (AvgIpc) is 3.14. The highest BCUT2D eigenvalue weighted by Gasteiger charge is 2.40. The molecule has 0 bridgehead atoms. The highest BCUT2D eigenvalue weighted by molar-refractivity contribution is 5.18. The summed E-state index contributed by atoms with van der Waals surface area (Å²) in [5.41, 5.74) is 7.52. The molecule has 0 aromatic carbocycles. The monoisotopic (exact) mass is 217 g/mol. The van der Waals surface area contributed by atoms with Crippen molar-refractivity contribution >= 4 is 0 Å². The predicted molar refractivity (Wildman–Crippen MR) is 62.6 cm³/mol. The van der Waals surface area contributed by atoms with Crippen LogP contribution >= 0.6 is 0 Å². The molecule has 2 aliphatic carbocycles. The summed E-state index contributed by atoms with van der Waals surface area (Å²) in [5.74, 6) is 1.81. The lowest BCUT2D eigenvalue weighted by Gasteiger charge is -2.38. The number of hydrogen-bond donors (Lipinski definition) is 1. The first-order chi connectivity index (χ1) is 7.78. The van der Waals surface area contributed by atoms with Crippen LogP contribution in [-0.4, -0.2) is 9.97 Å². The third-order valence-electron chi connectivity index (χ3n) is 4.25. The third kappa shape index (κ3) is 1.84. The van der Waals surface area contributed by atoms with E-state index in [9.17, 15) is 0 Å². The maximum atomic E-state index is 6.56. The largest absolute Gasteiger partial charge is 0.321 e. The van der Waals surface area contributed by atoms with Gasteiger partial charge in [0, 0.05) is 23.5 Å². The standard InChI is InChI=1S/C13H19N3/c14-13(12-7-15-9-16-8-12)5-1-2-11(6-13)10-3-4-10/h7-11H,1-6,14H2. The van der Waals surface area contributed by atoms with E-state index in [1.54, 1.807) is 6.33 Å². The molecular weight excluding hydrogens is 198 g/mol. The molecule has 1 aromatic heterocycles. The molecule has 1 heterocycles. The van der Waals surface area contributed by atoms with Gasteiger partial charge in [0.05, 0.1) is 0 Å². The van der Waals surface area contributed by atoms with E-state index in [-0.39, 0.29) is 5.54 Å². The van der Waals surface area contributed by atoms with Crippen molar-refractivity contribution in [1.82, 2.24) is 9.97 Å². The molecule has 3 nitrogen and oxygen atoms in total. The summed E-state index contributed by atoms with van der Waals surface area (Å²) in [6.07, 6.45) is 13.1. The zero-order chi connectivity index (χ0) is 11.0. The Balaban J connectivity index is 1.81. The van der Waals surface area contributed by atoms with Crippen molar-refractivity contribution < 1.29 is 0 Å². The average molecular weight is 217 g/mol. The third-order valence-corrected chi connectivity index (χ3v) is 4.25. The van der Waals surface area contributed by atoms with Gasteiger partial charge >= 0.3 is 0 Å². The fraction of sp³-hybridized carbons (Fsp3) is 0.692. The van der Waals surface area contributed by atoms with Crippen LogP contribution in [0.15, 0.2) is 18.7 Å². The minimum absolute atomic E-state index is 0.160. The second kappa shape index (κ2) is 3.81. The molecule has 0 amide bonds. The van der Waals surface area contributed by atoms with E-state index in [1.807, 2.05) is 12.4 Å². The zero-order valence-electron chi connectivity index (χ0n) is 9.60. The summed E-state index contributed by atoms with van der Waals surface area (Å²) in [6, 6.07) is 0. The quantitative estimate of drug-likeness (QED) is 0.826. The number of nitrogens with two attached hydrogens (primary N) is 1. The van der Waals surface area contributed by atoms with E-state index in [4.69, 9.17) is 5.73 Å². The first-order valence-corrected chi connectivity index (χ1v) is 6.32. The molecule has 2 N–H and O–H groups in total. The lowest BCUT2D eigenvalue weighted by molar-refractivity contribution is 0.206. The van der Waals surface area contributed by atoms with E-state index >= 15 is 0 Å². The van der Waals surface area contributed by atoms with Gasteiger partial charge in [-0.05, 0) is 37.5 Å². The molecule has 0 saturated heterocycles. The fourth-order valence-corrected chi connectivity index (χ4v) is 3.14. The van der Waals surface area contributed by atoms with Crippen LogP contribution in [0.2, 0.25) is 0 Å². The normalized spacial score (nSPS) is 34.9. The minimum Gasteiger partial charge on any atom is -0.321 e. The summed E-state index contributed by atoms with van der Waals surface area (Å²) in [6.45, 7) is 0.